The van der Waals surface area contributed by atoms with Crippen LogP contribution in [-0.2, 0) is 29.2 Å². The zero-order valence-corrected chi connectivity index (χ0v) is 22.4. The zero-order chi connectivity index (χ0) is 29.2. The quantitative estimate of drug-likeness (QED) is 0.192. The van der Waals surface area contributed by atoms with Gasteiger partial charge in [0.25, 0.3) is 5.56 Å². The van der Waals surface area contributed by atoms with E-state index in [-0.39, 0.29) is 6.54 Å². The van der Waals surface area contributed by atoms with Crippen LogP contribution in [0.15, 0.2) is 64.4 Å². The topological polar surface area (TPSA) is 229 Å². The van der Waals surface area contributed by atoms with Crippen molar-refractivity contribution in [3.8, 4) is 16.9 Å². The van der Waals surface area contributed by atoms with Crippen LogP contribution in [0.3, 0.4) is 0 Å². The second-order valence-corrected chi connectivity index (χ2v) is 11.4. The molecular weight excluding hydrogens is 576 g/mol. The van der Waals surface area contributed by atoms with Crippen molar-refractivity contribution in [3.63, 3.8) is 0 Å². The maximum absolute atomic E-state index is 13.2. The Kier molecular flexibility index (Phi) is 8.87. The van der Waals surface area contributed by atoms with Gasteiger partial charge in [0.1, 0.15) is 24.1 Å². The Labute approximate surface area is 225 Å². The number of methoxy groups -OCH3 is 1. The summed E-state index contributed by atoms with van der Waals surface area (Å²) in [4.78, 5) is 56.8. The number of phosphoric ester groups is 1. The Balaban J connectivity index is 1.54. The third kappa shape index (κ3) is 7.00. The molecular formula is C22H25N3O13P2. The summed E-state index contributed by atoms with van der Waals surface area (Å²) in [6.45, 7) is -1.19. The summed E-state index contributed by atoms with van der Waals surface area (Å²) in [5, 5.41) is 20.8. The van der Waals surface area contributed by atoms with E-state index < -0.39 is 58.0 Å². The first kappa shape index (κ1) is 30.0. The fourth-order valence-electron chi connectivity index (χ4n) is 3.98. The highest BCUT2D eigenvalue weighted by atomic mass is 31.3. The summed E-state index contributed by atoms with van der Waals surface area (Å²) < 4.78 is 42.9. The monoisotopic (exact) mass is 601 g/mol. The van der Waals surface area contributed by atoms with Gasteiger partial charge in [-0.3, -0.25) is 23.4 Å². The summed E-state index contributed by atoms with van der Waals surface area (Å²) in [6, 6.07) is 11.7. The van der Waals surface area contributed by atoms with Crippen molar-refractivity contribution in [2.75, 3.05) is 13.7 Å². The SMILES string of the molecule is COc1ccc(-c2ccnc(Cn3c(=O)ccn([C@@H]4O[C@H](COP(=O)(O)OP(=O)(O)O)[C@H](O)[C@@H]4O)c3=O)c2)cc1. The lowest BCUT2D eigenvalue weighted by Gasteiger charge is -2.19. The van der Waals surface area contributed by atoms with Crippen LogP contribution in [-0.4, -0.2) is 71.0 Å². The van der Waals surface area contributed by atoms with E-state index in [2.05, 4.69) is 13.8 Å². The summed E-state index contributed by atoms with van der Waals surface area (Å²) in [6.07, 6.45) is -4.02. The molecule has 1 aliphatic heterocycles. The minimum Gasteiger partial charge on any atom is -0.497 e. The molecule has 0 saturated carbocycles. The van der Waals surface area contributed by atoms with Crippen molar-refractivity contribution < 1.29 is 52.3 Å². The van der Waals surface area contributed by atoms with E-state index in [0.29, 0.717) is 11.4 Å². The lowest BCUT2D eigenvalue weighted by molar-refractivity contribution is -0.0547. The second-order valence-electron chi connectivity index (χ2n) is 8.58. The van der Waals surface area contributed by atoms with Gasteiger partial charge in [0, 0.05) is 18.5 Å². The van der Waals surface area contributed by atoms with Crippen LogP contribution in [0, 0.1) is 0 Å². The van der Waals surface area contributed by atoms with Gasteiger partial charge in [-0.2, -0.15) is 4.31 Å². The van der Waals surface area contributed by atoms with Crippen molar-refractivity contribution in [2.24, 2.45) is 0 Å². The summed E-state index contributed by atoms with van der Waals surface area (Å²) in [5.74, 6) is 0.671. The van der Waals surface area contributed by atoms with Gasteiger partial charge in [0.2, 0.25) is 0 Å². The van der Waals surface area contributed by atoms with Crippen LogP contribution in [0.4, 0.5) is 0 Å². The van der Waals surface area contributed by atoms with Crippen molar-refractivity contribution >= 4 is 15.6 Å². The Bertz CT molecular complexity index is 1570. The van der Waals surface area contributed by atoms with Crippen LogP contribution in [0.2, 0.25) is 0 Å². The minimum absolute atomic E-state index is 0.242. The van der Waals surface area contributed by atoms with Crippen molar-refractivity contribution in [2.45, 2.75) is 31.1 Å². The van der Waals surface area contributed by atoms with Gasteiger partial charge in [0.05, 0.1) is 26.0 Å². The van der Waals surface area contributed by atoms with Gasteiger partial charge in [-0.1, -0.05) is 12.1 Å². The molecule has 1 unspecified atom stereocenters. The predicted octanol–water partition coefficient (Wildman–Crippen LogP) is -0.0256. The molecule has 5 N–H and O–H groups in total. The first-order valence-electron chi connectivity index (χ1n) is 11.4. The lowest BCUT2D eigenvalue weighted by Crippen LogP contribution is -2.43. The third-order valence-electron chi connectivity index (χ3n) is 5.88. The van der Waals surface area contributed by atoms with Crippen LogP contribution >= 0.6 is 15.6 Å². The average molecular weight is 601 g/mol. The predicted molar refractivity (Wildman–Crippen MR) is 135 cm³/mol. The number of aliphatic hydroxyl groups is 2. The van der Waals surface area contributed by atoms with Gasteiger partial charge in [-0.15, -0.1) is 0 Å². The number of aromatic nitrogens is 3. The summed E-state index contributed by atoms with van der Waals surface area (Å²) in [7, 11) is -9.10. The Hall–Kier alpha value is -3.01. The Morgan fingerprint density at radius 3 is 2.35 bits per heavy atom. The number of pyridine rings is 1. The molecule has 5 atom stereocenters. The largest absolute Gasteiger partial charge is 0.497 e. The first-order valence-corrected chi connectivity index (χ1v) is 14.5. The van der Waals surface area contributed by atoms with Crippen molar-refractivity contribution in [1.29, 1.82) is 0 Å². The van der Waals surface area contributed by atoms with E-state index in [0.717, 1.165) is 32.5 Å². The Morgan fingerprint density at radius 2 is 1.70 bits per heavy atom. The number of ether oxygens (including phenoxy) is 2. The van der Waals surface area contributed by atoms with Gasteiger partial charge in [-0.25, -0.2) is 13.9 Å². The number of hydrogen-bond donors (Lipinski definition) is 5. The van der Waals surface area contributed by atoms with Crippen LogP contribution in [0.5, 0.6) is 5.75 Å². The smallest absolute Gasteiger partial charge is 0.481 e. The van der Waals surface area contributed by atoms with E-state index in [4.69, 9.17) is 19.3 Å². The van der Waals surface area contributed by atoms with E-state index in [1.165, 1.54) is 6.20 Å². The summed E-state index contributed by atoms with van der Waals surface area (Å²) >= 11 is 0. The standard InChI is InChI=1S/C22H25N3O13P2/c1-35-16-4-2-13(3-5-16)14-6-8-23-15(10-14)11-25-18(26)7-9-24(22(25)29)21-20(28)19(27)17(37-21)12-36-40(33,34)38-39(30,31)32/h2-10,17,19-21,27-28H,11-12H2,1H3,(H,33,34)(H2,30,31,32)/t17-,19+,20+,21-/m1/s1. The number of benzene rings is 1. The molecule has 0 radical (unpaired) electrons. The zero-order valence-electron chi connectivity index (χ0n) is 20.7. The van der Waals surface area contributed by atoms with Crippen molar-refractivity contribution in [1.82, 2.24) is 14.1 Å². The molecule has 0 amide bonds. The molecule has 16 nitrogen and oxygen atoms in total. The highest BCUT2D eigenvalue weighted by molar-refractivity contribution is 7.60. The van der Waals surface area contributed by atoms with E-state index >= 15 is 0 Å². The fraction of sp³-hybridized carbons (Fsp3) is 0.318. The van der Waals surface area contributed by atoms with E-state index in [1.54, 1.807) is 31.4 Å². The molecule has 1 saturated heterocycles. The molecule has 3 heterocycles. The number of nitrogens with zero attached hydrogens (tertiary/aromatic N) is 3. The van der Waals surface area contributed by atoms with Gasteiger partial charge in [-0.05, 0) is 35.4 Å². The number of hydrogen-bond acceptors (Lipinski definition) is 11. The fourth-order valence-corrected chi connectivity index (χ4v) is 5.58. The molecule has 1 fully saturated rings. The number of rotatable bonds is 10. The molecule has 0 aliphatic carbocycles. The van der Waals surface area contributed by atoms with Gasteiger partial charge in [0.15, 0.2) is 6.23 Å². The van der Waals surface area contributed by atoms with E-state index in [9.17, 15) is 33.8 Å². The molecule has 3 aromatic rings. The molecule has 40 heavy (non-hydrogen) atoms. The van der Waals surface area contributed by atoms with E-state index in [1.807, 2.05) is 12.1 Å². The second kappa shape index (κ2) is 11.8. The molecule has 2 aromatic heterocycles. The molecule has 0 spiro atoms. The molecule has 216 valence electrons. The van der Waals surface area contributed by atoms with Gasteiger partial charge >= 0.3 is 21.3 Å². The van der Waals surface area contributed by atoms with Crippen LogP contribution < -0.4 is 16.0 Å². The first-order chi connectivity index (χ1) is 18.8. The number of phosphoric acid groups is 2. The summed E-state index contributed by atoms with van der Waals surface area (Å²) in [5.41, 5.74) is 0.376. The van der Waals surface area contributed by atoms with Crippen LogP contribution in [0.1, 0.15) is 11.9 Å². The number of aliphatic hydroxyl groups excluding tert-OH is 2. The molecule has 0 bridgehead atoms. The Morgan fingerprint density at radius 1 is 1.00 bits per heavy atom. The molecule has 18 heteroatoms. The minimum atomic E-state index is -5.38. The molecule has 1 aromatic carbocycles. The van der Waals surface area contributed by atoms with Crippen LogP contribution in [0.25, 0.3) is 11.1 Å². The van der Waals surface area contributed by atoms with Crippen molar-refractivity contribution in [3.05, 3.63) is 81.4 Å². The molecule has 4 rings (SSSR count). The highest BCUT2D eigenvalue weighted by Gasteiger charge is 2.46. The third-order valence-corrected chi connectivity index (χ3v) is 8.03. The lowest BCUT2D eigenvalue weighted by atomic mass is 10.1. The highest BCUT2D eigenvalue weighted by Crippen LogP contribution is 2.57. The normalized spacial score (nSPS) is 22.6. The maximum atomic E-state index is 13.2. The molecule has 1 aliphatic rings. The average Bonchev–Trinajstić information content (AvgIpc) is 3.17. The van der Waals surface area contributed by atoms with Gasteiger partial charge < -0.3 is 34.4 Å². The maximum Gasteiger partial charge on any atom is 0.481 e.